The monoisotopic (exact) mass is 520 g/mol. The summed E-state index contributed by atoms with van der Waals surface area (Å²) in [6.45, 7) is 5.99. The van der Waals surface area contributed by atoms with Gasteiger partial charge in [0.2, 0.25) is 5.60 Å². The highest BCUT2D eigenvalue weighted by atomic mass is 16.6. The maximum atomic E-state index is 14.4. The van der Waals surface area contributed by atoms with Crippen LogP contribution in [0.1, 0.15) is 47.1 Å². The molecule has 1 aliphatic heterocycles. The Morgan fingerprint density at radius 3 is 2.21 bits per heavy atom. The van der Waals surface area contributed by atoms with Gasteiger partial charge in [0.1, 0.15) is 17.1 Å². The molecule has 5 rings (SSSR count). The minimum atomic E-state index is -1.63. The second-order valence-electron chi connectivity index (χ2n) is 9.55. The highest BCUT2D eigenvalue weighted by molar-refractivity contribution is 5.86. The summed E-state index contributed by atoms with van der Waals surface area (Å²) < 4.78 is 18.5. The smallest absolute Gasteiger partial charge is 0.344 e. The minimum absolute atomic E-state index is 0.0593. The Labute approximate surface area is 229 Å². The van der Waals surface area contributed by atoms with Crippen LogP contribution in [-0.4, -0.2) is 24.8 Å². The second-order valence-corrected chi connectivity index (χ2v) is 9.55. The Hall–Kier alpha value is -4.35. The van der Waals surface area contributed by atoms with E-state index in [1.165, 1.54) is 0 Å². The molecule has 0 radical (unpaired) electrons. The molecule has 0 amide bonds. The molecular formula is C34H32O5. The van der Waals surface area contributed by atoms with Crippen molar-refractivity contribution in [1.29, 1.82) is 0 Å². The average Bonchev–Trinajstić information content (AvgIpc) is 3.27. The normalized spacial score (nSPS) is 20.6. The van der Waals surface area contributed by atoms with E-state index in [0.717, 1.165) is 16.7 Å². The zero-order valence-electron chi connectivity index (χ0n) is 22.2. The van der Waals surface area contributed by atoms with E-state index in [0.29, 0.717) is 23.3 Å². The molecule has 198 valence electrons. The number of aromatic hydroxyl groups is 1. The van der Waals surface area contributed by atoms with Crippen LogP contribution < -0.4 is 4.74 Å². The van der Waals surface area contributed by atoms with E-state index in [4.69, 9.17) is 14.2 Å². The van der Waals surface area contributed by atoms with Gasteiger partial charge in [0.05, 0.1) is 19.6 Å². The summed E-state index contributed by atoms with van der Waals surface area (Å²) in [7, 11) is 1.61. The van der Waals surface area contributed by atoms with E-state index >= 15 is 0 Å². The van der Waals surface area contributed by atoms with Gasteiger partial charge in [0.15, 0.2) is 0 Å². The third-order valence-corrected chi connectivity index (χ3v) is 7.45. The number of carbonyl (C=O) groups is 1. The summed E-state index contributed by atoms with van der Waals surface area (Å²) in [5.74, 6) is -0.536. The molecule has 5 heteroatoms. The number of hydrogen-bond acceptors (Lipinski definition) is 5. The Balaban J connectivity index is 1.88. The van der Waals surface area contributed by atoms with Gasteiger partial charge >= 0.3 is 5.97 Å². The van der Waals surface area contributed by atoms with Crippen LogP contribution in [0.15, 0.2) is 116 Å². The fraction of sp³-hybridized carbons (Fsp3) is 0.206. The Morgan fingerprint density at radius 1 is 0.923 bits per heavy atom. The van der Waals surface area contributed by atoms with E-state index in [1.54, 1.807) is 26.2 Å². The van der Waals surface area contributed by atoms with Crippen LogP contribution in [0.5, 0.6) is 11.5 Å². The zero-order chi connectivity index (χ0) is 27.5. The predicted molar refractivity (Wildman–Crippen MR) is 151 cm³/mol. The lowest BCUT2D eigenvalue weighted by atomic mass is 9.72. The molecular weight excluding hydrogens is 488 g/mol. The first-order valence-corrected chi connectivity index (χ1v) is 13.1. The molecule has 5 nitrogen and oxygen atoms in total. The van der Waals surface area contributed by atoms with Gasteiger partial charge in [-0.05, 0) is 41.8 Å². The maximum absolute atomic E-state index is 14.4. The van der Waals surface area contributed by atoms with Gasteiger partial charge in [-0.25, -0.2) is 4.79 Å². The first kappa shape index (κ1) is 26.3. The summed E-state index contributed by atoms with van der Waals surface area (Å²) in [6.07, 6.45) is 2.23. The lowest BCUT2D eigenvalue weighted by Crippen LogP contribution is -2.46. The lowest BCUT2D eigenvalue weighted by Gasteiger charge is -2.39. The highest BCUT2D eigenvalue weighted by Crippen LogP contribution is 2.60. The van der Waals surface area contributed by atoms with Gasteiger partial charge < -0.3 is 19.3 Å². The number of benzene rings is 4. The standard InChI is InChI=1S/C34H32O5/c1-4-23-33(25-13-7-6-8-14-25)28-16-10-11-17-29(28)34(39-33,32(36)38-5-2)31(27-15-9-12-18-30(27)35)24-19-21-26(37-3)22-20-24/h4,6-22,31,35H,1,5,23H2,2-3H3/t31-,33+,34+/m1/s1. The molecule has 1 aliphatic rings. The Bertz CT molecular complexity index is 1460. The number of carbonyl (C=O) groups excluding carboxylic acids is 1. The van der Waals surface area contributed by atoms with Gasteiger partial charge in [-0.1, -0.05) is 91.0 Å². The number of phenols is 1. The number of fused-ring (bicyclic) bond motifs is 1. The van der Waals surface area contributed by atoms with Crippen molar-refractivity contribution in [1.82, 2.24) is 0 Å². The number of ether oxygens (including phenoxy) is 3. The van der Waals surface area contributed by atoms with Crippen molar-refractivity contribution < 1.29 is 24.1 Å². The van der Waals surface area contributed by atoms with Gasteiger partial charge in [0.25, 0.3) is 0 Å². The van der Waals surface area contributed by atoms with Crippen LogP contribution in [0.2, 0.25) is 0 Å². The number of hydrogen-bond donors (Lipinski definition) is 1. The molecule has 4 aromatic rings. The Morgan fingerprint density at radius 2 is 1.56 bits per heavy atom. The summed E-state index contributed by atoms with van der Waals surface area (Å²) >= 11 is 0. The van der Waals surface area contributed by atoms with E-state index in [9.17, 15) is 9.90 Å². The summed E-state index contributed by atoms with van der Waals surface area (Å²) in [4.78, 5) is 14.4. The summed E-state index contributed by atoms with van der Waals surface area (Å²) in [5, 5.41) is 11.2. The van der Waals surface area contributed by atoms with Crippen LogP contribution in [0, 0.1) is 0 Å². The first-order valence-electron chi connectivity index (χ1n) is 13.1. The average molecular weight is 521 g/mol. The quantitative estimate of drug-likeness (QED) is 0.193. The molecule has 0 fully saturated rings. The van der Waals surface area contributed by atoms with E-state index in [1.807, 2.05) is 97.1 Å². The topological polar surface area (TPSA) is 65.0 Å². The molecule has 0 saturated carbocycles. The SMILES string of the molecule is C=CC[C@@]1(c2ccccc2)O[C@](C(=O)OCC)([C@H](c2ccc(OC)cc2)c2ccccc2O)c2ccccc21. The summed E-state index contributed by atoms with van der Waals surface area (Å²) in [6, 6.07) is 32.2. The van der Waals surface area contributed by atoms with Crippen LogP contribution in [0.3, 0.4) is 0 Å². The van der Waals surface area contributed by atoms with Gasteiger partial charge in [0, 0.05) is 17.5 Å². The van der Waals surface area contributed by atoms with Crippen molar-refractivity contribution >= 4 is 5.97 Å². The molecule has 0 spiro atoms. The van der Waals surface area contributed by atoms with Crippen LogP contribution in [-0.2, 0) is 25.5 Å². The third kappa shape index (κ3) is 4.29. The van der Waals surface area contributed by atoms with Crippen LogP contribution >= 0.6 is 0 Å². The molecule has 1 N–H and O–H groups in total. The van der Waals surface area contributed by atoms with Crippen molar-refractivity contribution in [3.8, 4) is 11.5 Å². The fourth-order valence-corrected chi connectivity index (χ4v) is 5.82. The first-order chi connectivity index (χ1) is 19.0. The fourth-order valence-electron chi connectivity index (χ4n) is 5.82. The van der Waals surface area contributed by atoms with Gasteiger partial charge in [-0.2, -0.15) is 0 Å². The zero-order valence-corrected chi connectivity index (χ0v) is 22.2. The molecule has 0 unspecified atom stereocenters. The van der Waals surface area contributed by atoms with Gasteiger partial charge in [-0.15, -0.1) is 6.58 Å². The maximum Gasteiger partial charge on any atom is 0.344 e. The molecule has 0 aliphatic carbocycles. The molecule has 4 aromatic carbocycles. The van der Waals surface area contributed by atoms with Crippen LogP contribution in [0.25, 0.3) is 0 Å². The van der Waals surface area contributed by atoms with E-state index < -0.39 is 23.1 Å². The van der Waals surface area contributed by atoms with Gasteiger partial charge in [-0.3, -0.25) is 0 Å². The number of methoxy groups -OCH3 is 1. The molecule has 0 bridgehead atoms. The van der Waals surface area contributed by atoms with Crippen molar-refractivity contribution in [2.24, 2.45) is 0 Å². The second kappa shape index (κ2) is 10.8. The van der Waals surface area contributed by atoms with E-state index in [2.05, 4.69) is 6.58 Å². The number of esters is 1. The van der Waals surface area contributed by atoms with Crippen molar-refractivity contribution in [2.75, 3.05) is 13.7 Å². The van der Waals surface area contributed by atoms with Crippen LogP contribution in [0.4, 0.5) is 0 Å². The highest BCUT2D eigenvalue weighted by Gasteiger charge is 2.63. The van der Waals surface area contributed by atoms with E-state index in [-0.39, 0.29) is 12.4 Å². The number of rotatable bonds is 9. The largest absolute Gasteiger partial charge is 0.508 e. The summed E-state index contributed by atoms with van der Waals surface area (Å²) in [5.41, 5.74) is 1.13. The van der Waals surface area contributed by atoms with Crippen molar-refractivity contribution in [2.45, 2.75) is 30.5 Å². The van der Waals surface area contributed by atoms with Crippen molar-refractivity contribution in [3.05, 3.63) is 144 Å². The Kier molecular flexibility index (Phi) is 7.27. The lowest BCUT2D eigenvalue weighted by molar-refractivity contribution is -0.190. The predicted octanol–water partition coefficient (Wildman–Crippen LogP) is 6.84. The molecule has 0 aromatic heterocycles. The van der Waals surface area contributed by atoms with Crippen molar-refractivity contribution in [3.63, 3.8) is 0 Å². The third-order valence-electron chi connectivity index (χ3n) is 7.45. The molecule has 39 heavy (non-hydrogen) atoms. The molecule has 0 saturated heterocycles. The molecule has 1 heterocycles. The number of phenolic OH excluding ortho intramolecular Hbond substituents is 1. The number of para-hydroxylation sites is 1. The molecule has 3 atom stereocenters. The minimum Gasteiger partial charge on any atom is -0.508 e.